The average Bonchev–Trinajstić information content (AvgIpc) is 2.92. The molecule has 0 saturated carbocycles. The summed E-state index contributed by atoms with van der Waals surface area (Å²) in [7, 11) is -3.76. The van der Waals surface area contributed by atoms with Crippen molar-refractivity contribution >= 4 is 13.3 Å². The van der Waals surface area contributed by atoms with E-state index in [0.29, 0.717) is 6.54 Å². The predicted molar refractivity (Wildman–Crippen MR) is 137 cm³/mol. The molecule has 1 heterocycles. The van der Waals surface area contributed by atoms with Crippen molar-refractivity contribution in [3.63, 3.8) is 0 Å². The maximum Gasteiger partial charge on any atom is 0.358 e. The second kappa shape index (κ2) is 10.6. The van der Waals surface area contributed by atoms with E-state index in [-0.39, 0.29) is 19.0 Å². The predicted octanol–water partition coefficient (Wildman–Crippen LogP) is 7.51. The summed E-state index contributed by atoms with van der Waals surface area (Å²) >= 11 is 0. The zero-order valence-corrected chi connectivity index (χ0v) is 20.2. The smallest absolute Gasteiger partial charge is 0.353 e. The Labute approximate surface area is 205 Å². The summed E-state index contributed by atoms with van der Waals surface area (Å²) in [4.78, 5) is 2.03. The van der Waals surface area contributed by atoms with Gasteiger partial charge in [0, 0.05) is 12.2 Å². The largest absolute Gasteiger partial charge is 0.358 e. The van der Waals surface area contributed by atoms with E-state index in [2.05, 4.69) is 6.07 Å². The van der Waals surface area contributed by atoms with Crippen molar-refractivity contribution in [3.8, 4) is 0 Å². The summed E-state index contributed by atoms with van der Waals surface area (Å²) in [6.07, 6.45) is 0.779. The first-order valence-corrected chi connectivity index (χ1v) is 13.3. The van der Waals surface area contributed by atoms with Gasteiger partial charge in [0.1, 0.15) is 5.82 Å². The van der Waals surface area contributed by atoms with Gasteiger partial charge in [-0.25, -0.2) is 4.39 Å². The molecule has 0 unspecified atom stereocenters. The summed E-state index contributed by atoms with van der Waals surface area (Å²) in [5.41, 5.74) is 4.62. The lowest BCUT2D eigenvalue weighted by atomic mass is 9.99. The van der Waals surface area contributed by atoms with Gasteiger partial charge in [0.05, 0.1) is 13.2 Å². The Balaban J connectivity index is 1.55. The number of hydrogen-bond acceptors (Lipinski definition) is 4. The number of halogens is 1. The number of hydrogen-bond donors (Lipinski definition) is 0. The van der Waals surface area contributed by atoms with Gasteiger partial charge < -0.3 is 13.9 Å². The van der Waals surface area contributed by atoms with Crippen molar-refractivity contribution in [1.82, 2.24) is 0 Å². The first-order chi connectivity index (χ1) is 17.1. The van der Waals surface area contributed by atoms with Crippen LogP contribution in [0.5, 0.6) is 0 Å². The Morgan fingerprint density at radius 2 is 1.29 bits per heavy atom. The molecule has 1 aliphatic heterocycles. The maximum absolute atomic E-state index is 14.8. The Bertz CT molecular complexity index is 1250. The van der Waals surface area contributed by atoms with Crippen LogP contribution >= 0.6 is 7.60 Å². The molecule has 178 valence electrons. The average molecular weight is 488 g/mol. The van der Waals surface area contributed by atoms with Gasteiger partial charge in [-0.2, -0.15) is 0 Å². The van der Waals surface area contributed by atoms with Gasteiger partial charge in [0.2, 0.25) is 0 Å². The van der Waals surface area contributed by atoms with Gasteiger partial charge in [0.15, 0.2) is 5.78 Å². The van der Waals surface area contributed by atoms with Crippen molar-refractivity contribution in [2.45, 2.75) is 25.4 Å². The summed E-state index contributed by atoms with van der Waals surface area (Å²) in [6, 6.07) is 33.6. The van der Waals surface area contributed by atoms with Crippen LogP contribution in [0.3, 0.4) is 0 Å². The van der Waals surface area contributed by atoms with Crippen LogP contribution in [0.4, 0.5) is 10.1 Å². The molecule has 0 amide bonds. The van der Waals surface area contributed by atoms with Crippen LogP contribution in [0.25, 0.3) is 0 Å². The summed E-state index contributed by atoms with van der Waals surface area (Å²) in [5, 5.41) is 0. The lowest BCUT2D eigenvalue weighted by molar-refractivity contribution is 0.182. The number of fused-ring (bicyclic) bond motifs is 1. The van der Waals surface area contributed by atoms with E-state index < -0.39 is 13.4 Å². The maximum atomic E-state index is 14.8. The lowest BCUT2D eigenvalue weighted by Gasteiger charge is -2.41. The monoisotopic (exact) mass is 487 g/mol. The van der Waals surface area contributed by atoms with E-state index in [1.807, 2.05) is 83.8 Å². The third kappa shape index (κ3) is 5.38. The molecule has 4 aromatic carbocycles. The normalized spacial score (nSPS) is 15.6. The Hall–Kier alpha value is -3.24. The molecular weight excluding hydrogens is 460 g/mol. The lowest BCUT2D eigenvalue weighted by Crippen LogP contribution is -2.36. The molecule has 0 bridgehead atoms. The number of nitrogens with zero attached hydrogens (tertiary/aromatic N) is 1. The molecule has 0 aromatic heterocycles. The molecule has 0 saturated heterocycles. The molecule has 0 spiro atoms. The van der Waals surface area contributed by atoms with E-state index in [0.717, 1.165) is 34.4 Å². The fraction of sp³-hybridized carbons (Fsp3) is 0.172. The first kappa shape index (κ1) is 23.5. The molecule has 5 rings (SSSR count). The first-order valence-electron chi connectivity index (χ1n) is 11.7. The van der Waals surface area contributed by atoms with Gasteiger partial charge in [-0.1, -0.05) is 84.9 Å². The van der Waals surface area contributed by atoms with E-state index >= 15 is 0 Å². The molecular formula is C29H27FNO3P. The van der Waals surface area contributed by atoms with Crippen LogP contribution in [0.1, 0.15) is 28.0 Å². The fourth-order valence-corrected chi connectivity index (χ4v) is 6.64. The van der Waals surface area contributed by atoms with Gasteiger partial charge >= 0.3 is 7.60 Å². The minimum atomic E-state index is -3.76. The third-order valence-corrected chi connectivity index (χ3v) is 8.35. The zero-order chi connectivity index (χ0) is 24.1. The van der Waals surface area contributed by atoms with Crippen molar-refractivity contribution in [3.05, 3.63) is 137 Å². The molecule has 35 heavy (non-hydrogen) atoms. The van der Waals surface area contributed by atoms with Crippen LogP contribution in [0.2, 0.25) is 0 Å². The highest BCUT2D eigenvalue weighted by Crippen LogP contribution is 2.65. The molecule has 1 atom stereocenters. The summed E-state index contributed by atoms with van der Waals surface area (Å²) in [6.45, 7) is 0.923. The van der Waals surface area contributed by atoms with Crippen LogP contribution in [0.15, 0.2) is 109 Å². The molecule has 4 nitrogen and oxygen atoms in total. The van der Waals surface area contributed by atoms with Crippen molar-refractivity contribution in [2.75, 3.05) is 11.4 Å². The second-order valence-corrected chi connectivity index (χ2v) is 10.6. The number of anilines is 1. The van der Waals surface area contributed by atoms with Crippen LogP contribution in [-0.2, 0) is 33.2 Å². The molecule has 0 radical (unpaired) electrons. The minimum Gasteiger partial charge on any atom is -0.353 e. The van der Waals surface area contributed by atoms with Crippen LogP contribution in [0, 0.1) is 5.82 Å². The minimum absolute atomic E-state index is 0.156. The van der Waals surface area contributed by atoms with Crippen molar-refractivity contribution in [1.29, 1.82) is 0 Å². The standard InChI is InChI=1S/C29H27FNO3P/c30-26-15-17-27(18-16-26)31-20-19-25-13-7-8-14-28(25)29(31)35(32,33-21-23-9-3-1-4-10-23)34-22-24-11-5-2-6-12-24/h1-18,29H,19-22H2/t29-/m0/s1. The Morgan fingerprint density at radius 1 is 0.743 bits per heavy atom. The van der Waals surface area contributed by atoms with E-state index in [1.165, 1.54) is 12.1 Å². The summed E-state index contributed by atoms with van der Waals surface area (Å²) in [5.74, 6) is -0.975. The number of benzene rings is 4. The van der Waals surface area contributed by atoms with Crippen molar-refractivity contribution in [2.24, 2.45) is 0 Å². The topological polar surface area (TPSA) is 38.8 Å². The Kier molecular flexibility index (Phi) is 7.10. The molecule has 0 fully saturated rings. The SMILES string of the molecule is O=P(OCc1ccccc1)(OCc1ccccc1)[C@H]1c2ccccc2CCN1c1ccc(F)cc1. The second-order valence-electron chi connectivity index (χ2n) is 8.55. The van der Waals surface area contributed by atoms with Gasteiger partial charge in [0.25, 0.3) is 0 Å². The zero-order valence-electron chi connectivity index (χ0n) is 19.3. The van der Waals surface area contributed by atoms with E-state index in [4.69, 9.17) is 9.05 Å². The van der Waals surface area contributed by atoms with Crippen LogP contribution < -0.4 is 4.90 Å². The van der Waals surface area contributed by atoms with Gasteiger partial charge in [-0.05, 0) is 52.9 Å². The molecule has 1 aliphatic rings. The highest BCUT2D eigenvalue weighted by atomic mass is 31.2. The van der Waals surface area contributed by atoms with Crippen molar-refractivity contribution < 1.29 is 18.0 Å². The highest BCUT2D eigenvalue weighted by Gasteiger charge is 2.44. The van der Waals surface area contributed by atoms with Gasteiger partial charge in [-0.15, -0.1) is 0 Å². The highest BCUT2D eigenvalue weighted by molar-refractivity contribution is 7.54. The van der Waals surface area contributed by atoms with E-state index in [1.54, 1.807) is 12.1 Å². The van der Waals surface area contributed by atoms with Crippen LogP contribution in [-0.4, -0.2) is 6.54 Å². The number of rotatable bonds is 8. The van der Waals surface area contributed by atoms with E-state index in [9.17, 15) is 8.96 Å². The molecule has 0 aliphatic carbocycles. The summed E-state index contributed by atoms with van der Waals surface area (Å²) < 4.78 is 40.9. The van der Waals surface area contributed by atoms with Gasteiger partial charge in [-0.3, -0.25) is 4.57 Å². The molecule has 4 aromatic rings. The fourth-order valence-electron chi connectivity index (χ4n) is 4.44. The molecule has 0 N–H and O–H groups in total. The Morgan fingerprint density at radius 3 is 1.89 bits per heavy atom. The third-order valence-electron chi connectivity index (χ3n) is 6.22. The molecule has 6 heteroatoms. The quantitative estimate of drug-likeness (QED) is 0.241.